The molecule has 0 fully saturated rings. The highest BCUT2D eigenvalue weighted by atomic mass is 13.8. The molecule has 0 aliphatic carbocycles. The van der Waals surface area contributed by atoms with E-state index in [0.717, 1.165) is 0 Å². The van der Waals surface area contributed by atoms with E-state index < -0.39 is 0 Å². The molecule has 69 valence electrons. The quantitative estimate of drug-likeness (QED) is 0.627. The Balaban J connectivity index is 0.000000146. The minimum atomic E-state index is 1.17. The van der Waals surface area contributed by atoms with Gasteiger partial charge >= 0.3 is 0 Å². The van der Waals surface area contributed by atoms with Gasteiger partial charge in [0.25, 0.3) is 0 Å². The predicted molar refractivity (Wildman–Crippen MR) is 61.8 cm³/mol. The molecule has 0 nitrogen and oxygen atoms in total. The fourth-order valence-electron chi connectivity index (χ4n) is 0.931. The van der Waals surface area contributed by atoms with E-state index in [0.29, 0.717) is 0 Å². The van der Waals surface area contributed by atoms with E-state index in [1.165, 1.54) is 5.56 Å². The second-order valence-corrected chi connectivity index (χ2v) is 2.69. The van der Waals surface area contributed by atoms with E-state index in [9.17, 15) is 0 Å². The second kappa shape index (κ2) is 6.67. The van der Waals surface area contributed by atoms with Crippen molar-refractivity contribution in [3.05, 3.63) is 78.9 Å². The fourth-order valence-corrected chi connectivity index (χ4v) is 0.931. The van der Waals surface area contributed by atoms with Gasteiger partial charge in [-0.25, -0.2) is 0 Å². The van der Waals surface area contributed by atoms with Crippen LogP contribution in [0.25, 0.3) is 6.08 Å². The zero-order valence-electron chi connectivity index (χ0n) is 8.06. The molecule has 2 aromatic carbocycles. The van der Waals surface area contributed by atoms with E-state index in [4.69, 9.17) is 0 Å². The van der Waals surface area contributed by atoms with Gasteiger partial charge in [-0.1, -0.05) is 73.3 Å². The van der Waals surface area contributed by atoms with Crippen LogP contribution >= 0.6 is 0 Å². The van der Waals surface area contributed by atoms with Crippen molar-refractivity contribution in [2.45, 2.75) is 0 Å². The van der Waals surface area contributed by atoms with Crippen molar-refractivity contribution in [1.29, 1.82) is 0 Å². The lowest BCUT2D eigenvalue weighted by molar-refractivity contribution is 1.67. The molecule has 0 amide bonds. The molecule has 0 heterocycles. The molecule has 0 heteroatoms. The molecule has 0 unspecified atom stereocenters. The Morgan fingerprint density at radius 2 is 1.43 bits per heavy atom. The average Bonchev–Trinajstić information content (AvgIpc) is 2.33. The van der Waals surface area contributed by atoms with Gasteiger partial charge in [0.1, 0.15) is 0 Å². The van der Waals surface area contributed by atoms with Gasteiger partial charge in [0.15, 0.2) is 0 Å². The van der Waals surface area contributed by atoms with Crippen molar-refractivity contribution in [2.75, 3.05) is 0 Å². The Morgan fingerprint density at radius 3 is 1.71 bits per heavy atom. The van der Waals surface area contributed by atoms with Crippen LogP contribution in [0.2, 0.25) is 0 Å². The summed E-state index contributed by atoms with van der Waals surface area (Å²) in [6, 6.07) is 22.5. The summed E-state index contributed by atoms with van der Waals surface area (Å²) in [7, 11) is 0. The first-order valence-corrected chi connectivity index (χ1v) is 4.52. The van der Waals surface area contributed by atoms with Crippen LogP contribution in [0.3, 0.4) is 0 Å². The molecule has 2 rings (SSSR count). The first kappa shape index (κ1) is 10.3. The van der Waals surface area contributed by atoms with Crippen LogP contribution in [-0.4, -0.2) is 0 Å². The Kier molecular flexibility index (Phi) is 4.89. The summed E-state index contributed by atoms with van der Waals surface area (Å²) in [6.07, 6.45) is 1.83. The van der Waals surface area contributed by atoms with E-state index in [2.05, 4.69) is 12.6 Å². The molecule has 0 spiro atoms. The average molecular weight is 181 g/mol. The van der Waals surface area contributed by atoms with Crippen LogP contribution < -0.4 is 0 Å². The number of hydrogen-bond acceptors (Lipinski definition) is 0. The number of benzene rings is 2. The Morgan fingerprint density at radius 1 is 0.857 bits per heavy atom. The van der Waals surface area contributed by atoms with Crippen molar-refractivity contribution in [1.82, 2.24) is 0 Å². The minimum absolute atomic E-state index is 1.17. The molecule has 0 bridgehead atoms. The highest BCUT2D eigenvalue weighted by Crippen LogP contribution is 1.97. The van der Waals surface area contributed by atoms with Crippen molar-refractivity contribution in [2.24, 2.45) is 0 Å². The van der Waals surface area contributed by atoms with Crippen LogP contribution in [0.1, 0.15) is 5.56 Å². The molecular weight excluding hydrogens is 168 g/mol. The number of hydrogen-bond donors (Lipinski definition) is 0. The highest BCUT2D eigenvalue weighted by Gasteiger charge is 1.75. The van der Waals surface area contributed by atoms with Gasteiger partial charge in [0.05, 0.1) is 0 Å². The Hall–Kier alpha value is -1.82. The third kappa shape index (κ3) is 4.27. The minimum Gasteiger partial charge on any atom is -0.0985 e. The van der Waals surface area contributed by atoms with Crippen molar-refractivity contribution >= 4 is 6.08 Å². The summed E-state index contributed by atoms with van der Waals surface area (Å²) in [6.45, 7) is 3.63. The predicted octanol–water partition coefficient (Wildman–Crippen LogP) is 3.82. The van der Waals surface area contributed by atoms with Gasteiger partial charge in [-0.05, 0) is 11.6 Å². The Bertz CT molecular complexity index is 308. The SMILES string of the molecule is C=Cc1ccccc1.[c]1ccccc1. The monoisotopic (exact) mass is 181 g/mol. The first-order valence-electron chi connectivity index (χ1n) is 4.52. The van der Waals surface area contributed by atoms with Gasteiger partial charge in [-0.15, -0.1) is 0 Å². The van der Waals surface area contributed by atoms with Crippen LogP contribution in [0.4, 0.5) is 0 Å². The smallest absolute Gasteiger partial charge is 0.0184 e. The summed E-state index contributed by atoms with van der Waals surface area (Å²) < 4.78 is 0. The zero-order valence-corrected chi connectivity index (χ0v) is 8.06. The normalized spacial score (nSPS) is 8.29. The summed E-state index contributed by atoms with van der Waals surface area (Å²) in [4.78, 5) is 0. The lowest BCUT2D eigenvalue weighted by Gasteiger charge is -1.85. The van der Waals surface area contributed by atoms with Crippen LogP contribution in [0.5, 0.6) is 0 Å². The van der Waals surface area contributed by atoms with E-state index in [1.54, 1.807) is 0 Å². The van der Waals surface area contributed by atoms with Crippen molar-refractivity contribution in [3.8, 4) is 0 Å². The van der Waals surface area contributed by atoms with Crippen LogP contribution in [-0.2, 0) is 0 Å². The molecule has 2 aromatic rings. The standard InChI is InChI=1S/C8H8.C6H5/c1-2-8-6-4-3-5-7-8;1-2-4-6-5-3-1/h2-7H,1H2;1-5H. The molecule has 1 radical (unpaired) electrons. The lowest BCUT2D eigenvalue weighted by atomic mass is 10.2. The third-order valence-electron chi connectivity index (χ3n) is 1.64. The molecule has 0 aromatic heterocycles. The molecule has 14 heavy (non-hydrogen) atoms. The first-order chi connectivity index (χ1) is 6.93. The molecule has 0 aliphatic heterocycles. The fraction of sp³-hybridized carbons (Fsp3) is 0. The molecular formula is C14H13. The lowest BCUT2D eigenvalue weighted by Crippen LogP contribution is -1.63. The van der Waals surface area contributed by atoms with Gasteiger partial charge in [-0.3, -0.25) is 0 Å². The summed E-state index contributed by atoms with van der Waals surface area (Å²) in [5, 5.41) is 0. The van der Waals surface area contributed by atoms with E-state index >= 15 is 0 Å². The summed E-state index contributed by atoms with van der Waals surface area (Å²) in [5.41, 5.74) is 1.17. The third-order valence-corrected chi connectivity index (χ3v) is 1.64. The Labute approximate surface area is 85.5 Å². The highest BCUT2D eigenvalue weighted by molar-refractivity contribution is 5.45. The van der Waals surface area contributed by atoms with Gasteiger partial charge < -0.3 is 0 Å². The second-order valence-electron chi connectivity index (χ2n) is 2.69. The van der Waals surface area contributed by atoms with Gasteiger partial charge in [0, 0.05) is 0 Å². The zero-order chi connectivity index (χ0) is 10.1. The van der Waals surface area contributed by atoms with Gasteiger partial charge in [0.2, 0.25) is 0 Å². The summed E-state index contributed by atoms with van der Waals surface area (Å²) in [5.74, 6) is 0. The molecule has 0 aliphatic rings. The maximum atomic E-state index is 3.63. The van der Waals surface area contributed by atoms with E-state index in [-0.39, 0.29) is 0 Å². The summed E-state index contributed by atoms with van der Waals surface area (Å²) >= 11 is 0. The van der Waals surface area contributed by atoms with Crippen LogP contribution in [0.15, 0.2) is 67.2 Å². The maximum Gasteiger partial charge on any atom is -0.0184 e. The van der Waals surface area contributed by atoms with Crippen LogP contribution in [0, 0.1) is 6.07 Å². The molecule has 0 N–H and O–H groups in total. The van der Waals surface area contributed by atoms with Crippen molar-refractivity contribution in [3.63, 3.8) is 0 Å². The number of rotatable bonds is 1. The maximum absolute atomic E-state index is 3.63. The van der Waals surface area contributed by atoms with Gasteiger partial charge in [-0.2, -0.15) is 0 Å². The topological polar surface area (TPSA) is 0 Å². The van der Waals surface area contributed by atoms with Crippen molar-refractivity contribution < 1.29 is 0 Å². The molecule has 0 saturated heterocycles. The molecule has 0 saturated carbocycles. The molecule has 0 atom stereocenters. The van der Waals surface area contributed by atoms with E-state index in [1.807, 2.05) is 66.7 Å². The largest absolute Gasteiger partial charge is 0.0985 e.